The maximum Gasteiger partial charge on any atom is 0.0641 e. The molecule has 0 atom stereocenters. The van der Waals surface area contributed by atoms with Gasteiger partial charge in [-0.1, -0.05) is 25.8 Å². The zero-order valence-electron chi connectivity index (χ0n) is 6.47. The maximum atomic E-state index is 8.79. The molecule has 1 N–H and O–H groups in total. The Kier molecular flexibility index (Phi) is 2.94. The first-order valence-electron chi connectivity index (χ1n) is 4.13. The monoisotopic (exact) mass is 140 g/mol. The highest BCUT2D eigenvalue weighted by atomic mass is 16.3. The van der Waals surface area contributed by atoms with E-state index in [2.05, 4.69) is 6.58 Å². The van der Waals surface area contributed by atoms with Crippen LogP contribution in [0.25, 0.3) is 0 Å². The summed E-state index contributed by atoms with van der Waals surface area (Å²) in [6.45, 7) is 4.03. The molecule has 0 bridgehead atoms. The molecule has 58 valence electrons. The maximum absolute atomic E-state index is 8.79. The minimum Gasteiger partial charge on any atom is -0.392 e. The zero-order chi connectivity index (χ0) is 7.40. The molecule has 0 aliphatic heterocycles. The molecular formula is C9H16O. The number of hydrogen-bond donors (Lipinski definition) is 1. The molecule has 1 aliphatic rings. The van der Waals surface area contributed by atoms with Crippen LogP contribution >= 0.6 is 0 Å². The molecule has 0 aromatic rings. The Morgan fingerprint density at radius 3 is 2.40 bits per heavy atom. The Morgan fingerprint density at radius 1 is 1.30 bits per heavy atom. The van der Waals surface area contributed by atoms with Crippen molar-refractivity contribution in [1.82, 2.24) is 0 Å². The van der Waals surface area contributed by atoms with Gasteiger partial charge < -0.3 is 5.11 Å². The second-order valence-corrected chi connectivity index (χ2v) is 3.15. The summed E-state index contributed by atoms with van der Waals surface area (Å²) in [5.74, 6) is 0.624. The normalized spacial score (nSPS) is 20.9. The van der Waals surface area contributed by atoms with E-state index in [1.165, 1.54) is 32.1 Å². The molecule has 10 heavy (non-hydrogen) atoms. The van der Waals surface area contributed by atoms with Gasteiger partial charge in [0.25, 0.3) is 0 Å². The quantitative estimate of drug-likeness (QED) is 0.582. The molecule has 1 fully saturated rings. The highest BCUT2D eigenvalue weighted by molar-refractivity contribution is 5.01. The number of hydrogen-bond acceptors (Lipinski definition) is 1. The lowest BCUT2D eigenvalue weighted by Gasteiger charge is -2.22. The molecule has 1 heteroatoms. The van der Waals surface area contributed by atoms with E-state index in [0.29, 0.717) is 5.92 Å². The van der Waals surface area contributed by atoms with Gasteiger partial charge in [-0.15, -0.1) is 0 Å². The van der Waals surface area contributed by atoms with E-state index >= 15 is 0 Å². The van der Waals surface area contributed by atoms with Crippen LogP contribution in [-0.2, 0) is 0 Å². The lowest BCUT2D eigenvalue weighted by Crippen LogP contribution is -2.10. The molecular weight excluding hydrogens is 124 g/mol. The van der Waals surface area contributed by atoms with Crippen molar-refractivity contribution in [2.75, 3.05) is 6.61 Å². The molecule has 1 aliphatic carbocycles. The third-order valence-corrected chi connectivity index (χ3v) is 2.39. The van der Waals surface area contributed by atoms with Crippen LogP contribution in [0.4, 0.5) is 0 Å². The molecule has 1 saturated carbocycles. The molecule has 1 nitrogen and oxygen atoms in total. The van der Waals surface area contributed by atoms with Gasteiger partial charge in [-0.2, -0.15) is 0 Å². The highest BCUT2D eigenvalue weighted by Crippen LogP contribution is 2.28. The third-order valence-electron chi connectivity index (χ3n) is 2.39. The SMILES string of the molecule is C=C(CO)C1CCCCC1. The topological polar surface area (TPSA) is 20.2 Å². The summed E-state index contributed by atoms with van der Waals surface area (Å²) < 4.78 is 0. The largest absolute Gasteiger partial charge is 0.392 e. The van der Waals surface area contributed by atoms with E-state index in [0.717, 1.165) is 5.57 Å². The molecule has 0 saturated heterocycles. The second-order valence-electron chi connectivity index (χ2n) is 3.15. The second kappa shape index (κ2) is 3.77. The fourth-order valence-electron chi connectivity index (χ4n) is 1.64. The summed E-state index contributed by atoms with van der Waals surface area (Å²) in [6, 6.07) is 0. The van der Waals surface area contributed by atoms with Crippen LogP contribution in [0.5, 0.6) is 0 Å². The fourth-order valence-corrected chi connectivity index (χ4v) is 1.64. The van der Waals surface area contributed by atoms with Gasteiger partial charge in [0.1, 0.15) is 0 Å². The van der Waals surface area contributed by atoms with E-state index < -0.39 is 0 Å². The van der Waals surface area contributed by atoms with Crippen LogP contribution in [0.3, 0.4) is 0 Å². The Labute approximate surface area is 62.8 Å². The number of aliphatic hydroxyl groups is 1. The summed E-state index contributed by atoms with van der Waals surface area (Å²) >= 11 is 0. The summed E-state index contributed by atoms with van der Waals surface area (Å²) in [4.78, 5) is 0. The molecule has 0 unspecified atom stereocenters. The van der Waals surface area contributed by atoms with Gasteiger partial charge in [-0.05, 0) is 24.3 Å². The molecule has 0 spiro atoms. The first kappa shape index (κ1) is 7.80. The molecule has 0 amide bonds. The first-order valence-corrected chi connectivity index (χ1v) is 4.13. The van der Waals surface area contributed by atoms with Gasteiger partial charge >= 0.3 is 0 Å². The summed E-state index contributed by atoms with van der Waals surface area (Å²) in [5.41, 5.74) is 1.04. The predicted octanol–water partition coefficient (Wildman–Crippen LogP) is 2.12. The van der Waals surface area contributed by atoms with E-state index in [1.54, 1.807) is 0 Å². The average molecular weight is 140 g/mol. The Balaban J connectivity index is 2.31. The highest BCUT2D eigenvalue weighted by Gasteiger charge is 2.14. The zero-order valence-corrected chi connectivity index (χ0v) is 6.47. The molecule has 0 aromatic heterocycles. The van der Waals surface area contributed by atoms with Gasteiger partial charge in [-0.3, -0.25) is 0 Å². The minimum atomic E-state index is 0.185. The fraction of sp³-hybridized carbons (Fsp3) is 0.778. The van der Waals surface area contributed by atoms with E-state index in [-0.39, 0.29) is 6.61 Å². The van der Waals surface area contributed by atoms with Crippen LogP contribution in [0.15, 0.2) is 12.2 Å². The Morgan fingerprint density at radius 2 is 1.90 bits per heavy atom. The summed E-state index contributed by atoms with van der Waals surface area (Å²) in [5, 5.41) is 8.79. The van der Waals surface area contributed by atoms with Crippen molar-refractivity contribution in [2.24, 2.45) is 5.92 Å². The molecule has 0 radical (unpaired) electrons. The van der Waals surface area contributed by atoms with Crippen LogP contribution < -0.4 is 0 Å². The number of rotatable bonds is 2. The van der Waals surface area contributed by atoms with E-state index in [9.17, 15) is 0 Å². The Bertz CT molecular complexity index is 112. The van der Waals surface area contributed by atoms with Crippen molar-refractivity contribution >= 4 is 0 Å². The summed E-state index contributed by atoms with van der Waals surface area (Å²) in [6.07, 6.45) is 6.52. The van der Waals surface area contributed by atoms with Crippen molar-refractivity contribution in [3.63, 3.8) is 0 Å². The van der Waals surface area contributed by atoms with E-state index in [1.807, 2.05) is 0 Å². The van der Waals surface area contributed by atoms with Gasteiger partial charge in [-0.25, -0.2) is 0 Å². The van der Waals surface area contributed by atoms with Gasteiger partial charge in [0, 0.05) is 0 Å². The van der Waals surface area contributed by atoms with Crippen LogP contribution in [0.1, 0.15) is 32.1 Å². The van der Waals surface area contributed by atoms with Crippen molar-refractivity contribution in [1.29, 1.82) is 0 Å². The van der Waals surface area contributed by atoms with Gasteiger partial charge in [0.05, 0.1) is 6.61 Å². The summed E-state index contributed by atoms with van der Waals surface area (Å²) in [7, 11) is 0. The predicted molar refractivity (Wildman–Crippen MR) is 42.8 cm³/mol. The Hall–Kier alpha value is -0.300. The molecule has 0 heterocycles. The van der Waals surface area contributed by atoms with Crippen LogP contribution in [-0.4, -0.2) is 11.7 Å². The molecule has 0 aromatic carbocycles. The third kappa shape index (κ3) is 1.84. The lowest BCUT2D eigenvalue weighted by atomic mass is 9.85. The van der Waals surface area contributed by atoms with Crippen molar-refractivity contribution in [2.45, 2.75) is 32.1 Å². The first-order chi connectivity index (χ1) is 4.84. The smallest absolute Gasteiger partial charge is 0.0641 e. The van der Waals surface area contributed by atoms with Crippen LogP contribution in [0, 0.1) is 5.92 Å². The van der Waals surface area contributed by atoms with Gasteiger partial charge in [0.2, 0.25) is 0 Å². The average Bonchev–Trinajstić information content (AvgIpc) is 2.05. The van der Waals surface area contributed by atoms with Gasteiger partial charge in [0.15, 0.2) is 0 Å². The minimum absolute atomic E-state index is 0.185. The number of aliphatic hydroxyl groups excluding tert-OH is 1. The van der Waals surface area contributed by atoms with E-state index in [4.69, 9.17) is 5.11 Å². The van der Waals surface area contributed by atoms with Crippen molar-refractivity contribution in [3.8, 4) is 0 Å². The lowest BCUT2D eigenvalue weighted by molar-refractivity contribution is 0.294. The standard InChI is InChI=1S/C9H16O/c1-8(7-10)9-5-3-2-4-6-9/h9-10H,1-7H2. The molecule has 1 rings (SSSR count). The van der Waals surface area contributed by atoms with Crippen molar-refractivity contribution in [3.05, 3.63) is 12.2 Å². The van der Waals surface area contributed by atoms with Crippen LogP contribution in [0.2, 0.25) is 0 Å². The van der Waals surface area contributed by atoms with Crippen molar-refractivity contribution < 1.29 is 5.11 Å².